The molecule has 0 spiro atoms. The van der Waals surface area contributed by atoms with Gasteiger partial charge in [-0.25, -0.2) is 8.78 Å². The van der Waals surface area contributed by atoms with Gasteiger partial charge in [0, 0.05) is 12.1 Å². The molecule has 1 saturated carbocycles. The van der Waals surface area contributed by atoms with Crippen LogP contribution in [0.2, 0.25) is 0 Å². The first-order valence-electron chi connectivity index (χ1n) is 6.46. The summed E-state index contributed by atoms with van der Waals surface area (Å²) in [4.78, 5) is 11.7. The number of hydrogen-bond donors (Lipinski definition) is 2. The number of nitrogens with one attached hydrogen (secondary N) is 1. The molecule has 2 rings (SSSR count). The SMILES string of the molecule is CC(NC1CCCC1)(C(N)=O)c1cc(F)cc(F)c1. The van der Waals surface area contributed by atoms with E-state index in [0.717, 1.165) is 43.9 Å². The predicted molar refractivity (Wildman–Crippen MR) is 68.3 cm³/mol. The summed E-state index contributed by atoms with van der Waals surface area (Å²) in [7, 11) is 0. The fraction of sp³-hybridized carbons (Fsp3) is 0.500. The Balaban J connectivity index is 2.34. The Morgan fingerprint density at radius 3 is 2.26 bits per heavy atom. The van der Waals surface area contributed by atoms with Gasteiger partial charge in [-0.05, 0) is 37.5 Å². The van der Waals surface area contributed by atoms with E-state index in [1.54, 1.807) is 6.92 Å². The summed E-state index contributed by atoms with van der Waals surface area (Å²) in [6.07, 6.45) is 4.06. The van der Waals surface area contributed by atoms with Gasteiger partial charge in [0.25, 0.3) is 0 Å². The number of primary amides is 1. The van der Waals surface area contributed by atoms with E-state index in [9.17, 15) is 13.6 Å². The summed E-state index contributed by atoms with van der Waals surface area (Å²) in [5.41, 5.74) is 4.41. The van der Waals surface area contributed by atoms with Gasteiger partial charge in [-0.1, -0.05) is 12.8 Å². The van der Waals surface area contributed by atoms with Gasteiger partial charge in [0.1, 0.15) is 17.2 Å². The molecule has 1 aromatic carbocycles. The first-order chi connectivity index (χ1) is 8.91. The predicted octanol–water partition coefficient (Wildman–Crippen LogP) is 2.20. The van der Waals surface area contributed by atoms with Crippen molar-refractivity contribution < 1.29 is 13.6 Å². The molecule has 1 amide bonds. The average molecular weight is 268 g/mol. The van der Waals surface area contributed by atoms with Crippen LogP contribution in [0.5, 0.6) is 0 Å². The minimum Gasteiger partial charge on any atom is -0.368 e. The molecule has 0 heterocycles. The Bertz CT molecular complexity index is 466. The van der Waals surface area contributed by atoms with Crippen LogP contribution in [-0.4, -0.2) is 11.9 Å². The number of carbonyl (C=O) groups is 1. The second kappa shape index (κ2) is 5.25. The number of amides is 1. The molecule has 0 aliphatic heterocycles. The molecule has 104 valence electrons. The molecule has 0 saturated heterocycles. The van der Waals surface area contributed by atoms with Crippen molar-refractivity contribution in [2.24, 2.45) is 5.73 Å². The van der Waals surface area contributed by atoms with Crippen LogP contribution < -0.4 is 11.1 Å². The summed E-state index contributed by atoms with van der Waals surface area (Å²) in [6.45, 7) is 1.57. The molecule has 3 N–H and O–H groups in total. The van der Waals surface area contributed by atoms with Crippen LogP contribution >= 0.6 is 0 Å². The van der Waals surface area contributed by atoms with Crippen LogP contribution in [0.1, 0.15) is 38.2 Å². The van der Waals surface area contributed by atoms with Gasteiger partial charge in [0.05, 0.1) is 0 Å². The summed E-state index contributed by atoms with van der Waals surface area (Å²) in [6, 6.07) is 3.23. The lowest BCUT2D eigenvalue weighted by molar-refractivity contribution is -0.124. The molecule has 19 heavy (non-hydrogen) atoms. The van der Waals surface area contributed by atoms with E-state index >= 15 is 0 Å². The first-order valence-corrected chi connectivity index (χ1v) is 6.46. The zero-order chi connectivity index (χ0) is 14.0. The molecule has 0 bridgehead atoms. The quantitative estimate of drug-likeness (QED) is 0.879. The smallest absolute Gasteiger partial charge is 0.242 e. The van der Waals surface area contributed by atoms with Gasteiger partial charge in [-0.3, -0.25) is 10.1 Å². The molecule has 1 aliphatic carbocycles. The van der Waals surface area contributed by atoms with E-state index in [4.69, 9.17) is 5.73 Å². The number of halogens is 2. The van der Waals surface area contributed by atoms with E-state index in [2.05, 4.69) is 5.32 Å². The Morgan fingerprint density at radius 2 is 1.79 bits per heavy atom. The lowest BCUT2D eigenvalue weighted by Crippen LogP contribution is -2.53. The fourth-order valence-corrected chi connectivity index (χ4v) is 2.62. The maximum absolute atomic E-state index is 13.3. The zero-order valence-electron chi connectivity index (χ0n) is 10.9. The molecule has 1 fully saturated rings. The molecule has 0 radical (unpaired) electrons. The molecule has 0 aromatic heterocycles. The summed E-state index contributed by atoms with van der Waals surface area (Å²) in [5.74, 6) is -2.06. The van der Waals surface area contributed by atoms with Gasteiger partial charge in [0.2, 0.25) is 5.91 Å². The summed E-state index contributed by atoms with van der Waals surface area (Å²) >= 11 is 0. The number of benzene rings is 1. The number of carbonyl (C=O) groups excluding carboxylic acids is 1. The fourth-order valence-electron chi connectivity index (χ4n) is 2.62. The summed E-state index contributed by atoms with van der Waals surface area (Å²) < 4.78 is 26.6. The minimum atomic E-state index is -1.25. The van der Waals surface area contributed by atoms with E-state index < -0.39 is 23.1 Å². The minimum absolute atomic E-state index is 0.156. The maximum atomic E-state index is 13.3. The first kappa shape index (κ1) is 13.9. The molecule has 1 aromatic rings. The highest BCUT2D eigenvalue weighted by Crippen LogP contribution is 2.27. The van der Waals surface area contributed by atoms with Crippen molar-refractivity contribution in [1.82, 2.24) is 5.32 Å². The van der Waals surface area contributed by atoms with E-state index in [0.29, 0.717) is 0 Å². The molecular formula is C14H18F2N2O. The van der Waals surface area contributed by atoms with Crippen LogP contribution in [0.4, 0.5) is 8.78 Å². The Hall–Kier alpha value is -1.49. The Kier molecular flexibility index (Phi) is 3.85. The topological polar surface area (TPSA) is 55.1 Å². The van der Waals surface area contributed by atoms with Gasteiger partial charge >= 0.3 is 0 Å². The van der Waals surface area contributed by atoms with E-state index in [-0.39, 0.29) is 11.6 Å². The highest BCUT2D eigenvalue weighted by molar-refractivity contribution is 5.85. The lowest BCUT2D eigenvalue weighted by atomic mass is 9.89. The standard InChI is InChI=1S/C14H18F2N2O/c1-14(13(17)19,18-12-4-2-3-5-12)9-6-10(15)8-11(16)7-9/h6-8,12,18H,2-5H2,1H3,(H2,17,19). The van der Waals surface area contributed by atoms with Crippen LogP contribution in [0.25, 0.3) is 0 Å². The second-order valence-electron chi connectivity index (χ2n) is 5.27. The third kappa shape index (κ3) is 2.92. The average Bonchev–Trinajstić information content (AvgIpc) is 2.79. The van der Waals surface area contributed by atoms with Gasteiger partial charge in [-0.2, -0.15) is 0 Å². The number of nitrogens with two attached hydrogens (primary N) is 1. The van der Waals surface area contributed by atoms with Crippen molar-refractivity contribution in [1.29, 1.82) is 0 Å². The normalized spacial score (nSPS) is 19.3. The largest absolute Gasteiger partial charge is 0.368 e. The van der Waals surface area contributed by atoms with Gasteiger partial charge in [-0.15, -0.1) is 0 Å². The monoisotopic (exact) mass is 268 g/mol. The Labute approximate surface area is 111 Å². The second-order valence-corrected chi connectivity index (χ2v) is 5.27. The van der Waals surface area contributed by atoms with Crippen LogP contribution in [0.3, 0.4) is 0 Å². The maximum Gasteiger partial charge on any atom is 0.242 e. The van der Waals surface area contributed by atoms with Crippen molar-refractivity contribution >= 4 is 5.91 Å². The molecule has 1 unspecified atom stereocenters. The number of rotatable bonds is 4. The van der Waals surface area contributed by atoms with E-state index in [1.807, 2.05) is 0 Å². The summed E-state index contributed by atoms with van der Waals surface area (Å²) in [5, 5.41) is 3.15. The third-order valence-corrected chi connectivity index (χ3v) is 3.78. The molecular weight excluding hydrogens is 250 g/mol. The van der Waals surface area contributed by atoms with Crippen molar-refractivity contribution in [2.75, 3.05) is 0 Å². The molecule has 1 atom stereocenters. The van der Waals surface area contributed by atoms with Gasteiger partial charge in [0.15, 0.2) is 0 Å². The van der Waals surface area contributed by atoms with Crippen molar-refractivity contribution in [2.45, 2.75) is 44.2 Å². The highest BCUT2D eigenvalue weighted by Gasteiger charge is 2.36. The van der Waals surface area contributed by atoms with Crippen molar-refractivity contribution in [3.8, 4) is 0 Å². The number of hydrogen-bond acceptors (Lipinski definition) is 2. The van der Waals surface area contributed by atoms with Gasteiger partial charge < -0.3 is 5.73 Å². The lowest BCUT2D eigenvalue weighted by Gasteiger charge is -2.31. The van der Waals surface area contributed by atoms with Crippen LogP contribution in [0, 0.1) is 11.6 Å². The van der Waals surface area contributed by atoms with Crippen LogP contribution in [0.15, 0.2) is 18.2 Å². The van der Waals surface area contributed by atoms with Crippen molar-refractivity contribution in [3.63, 3.8) is 0 Å². The molecule has 3 nitrogen and oxygen atoms in total. The Morgan fingerprint density at radius 1 is 1.26 bits per heavy atom. The molecule has 5 heteroatoms. The molecule has 1 aliphatic rings. The van der Waals surface area contributed by atoms with Crippen LogP contribution in [-0.2, 0) is 10.3 Å². The van der Waals surface area contributed by atoms with E-state index in [1.165, 1.54) is 0 Å². The third-order valence-electron chi connectivity index (χ3n) is 3.78. The van der Waals surface area contributed by atoms with Crippen molar-refractivity contribution in [3.05, 3.63) is 35.4 Å². The zero-order valence-corrected chi connectivity index (χ0v) is 10.9. The highest BCUT2D eigenvalue weighted by atomic mass is 19.1.